The highest BCUT2D eigenvalue weighted by atomic mass is 79.9. The van der Waals surface area contributed by atoms with Gasteiger partial charge in [-0.3, -0.25) is 0 Å². The molecule has 0 saturated carbocycles. The van der Waals surface area contributed by atoms with Crippen molar-refractivity contribution in [2.75, 3.05) is 39.8 Å². The minimum Gasteiger partial charge on any atom is -0.496 e. The summed E-state index contributed by atoms with van der Waals surface area (Å²) < 4.78 is 6.30. The standard InChI is InChI=1S/C14H21BrN2O/c1-11(10-17-7-5-16-6-8-17)12-3-4-14(18-2)13(15)9-12/h3-4,9,11,16H,5-8,10H2,1-2H3. The maximum Gasteiger partial charge on any atom is 0.133 e. The lowest BCUT2D eigenvalue weighted by Crippen LogP contribution is -2.44. The van der Waals surface area contributed by atoms with E-state index in [1.165, 1.54) is 5.56 Å². The van der Waals surface area contributed by atoms with Gasteiger partial charge in [-0.2, -0.15) is 0 Å². The number of ether oxygens (including phenoxy) is 1. The summed E-state index contributed by atoms with van der Waals surface area (Å²) >= 11 is 3.55. The number of hydrogen-bond acceptors (Lipinski definition) is 3. The van der Waals surface area contributed by atoms with E-state index in [0.29, 0.717) is 5.92 Å². The third-order valence-electron chi connectivity index (χ3n) is 3.49. The average molecular weight is 313 g/mol. The van der Waals surface area contributed by atoms with E-state index in [1.54, 1.807) is 7.11 Å². The molecule has 1 heterocycles. The summed E-state index contributed by atoms with van der Waals surface area (Å²) in [4.78, 5) is 2.53. The van der Waals surface area contributed by atoms with Crippen LogP contribution in [0, 0.1) is 0 Å². The molecule has 3 nitrogen and oxygen atoms in total. The van der Waals surface area contributed by atoms with Crippen LogP contribution in [-0.2, 0) is 0 Å². The Labute approximate surface area is 118 Å². The van der Waals surface area contributed by atoms with Gasteiger partial charge in [-0.15, -0.1) is 0 Å². The molecule has 1 aliphatic heterocycles. The molecule has 1 aliphatic rings. The van der Waals surface area contributed by atoms with Gasteiger partial charge in [-0.25, -0.2) is 0 Å². The number of piperazine rings is 1. The molecule has 100 valence electrons. The second-order valence-corrected chi connectivity index (χ2v) is 5.70. The van der Waals surface area contributed by atoms with Crippen LogP contribution in [0.3, 0.4) is 0 Å². The first-order chi connectivity index (χ1) is 8.70. The molecule has 1 fully saturated rings. The lowest BCUT2D eigenvalue weighted by Gasteiger charge is -2.29. The predicted molar refractivity (Wildman–Crippen MR) is 78.4 cm³/mol. The van der Waals surface area contributed by atoms with Crippen LogP contribution in [0.5, 0.6) is 5.75 Å². The van der Waals surface area contributed by atoms with Crippen molar-refractivity contribution in [2.24, 2.45) is 0 Å². The van der Waals surface area contributed by atoms with Gasteiger partial charge in [0.15, 0.2) is 0 Å². The topological polar surface area (TPSA) is 24.5 Å². The second kappa shape index (κ2) is 6.55. The highest BCUT2D eigenvalue weighted by molar-refractivity contribution is 9.10. The molecule has 2 rings (SSSR count). The second-order valence-electron chi connectivity index (χ2n) is 4.85. The van der Waals surface area contributed by atoms with Crippen molar-refractivity contribution in [3.8, 4) is 5.75 Å². The van der Waals surface area contributed by atoms with Crippen molar-refractivity contribution in [2.45, 2.75) is 12.8 Å². The first-order valence-electron chi connectivity index (χ1n) is 6.47. The molecular formula is C14H21BrN2O. The van der Waals surface area contributed by atoms with E-state index in [1.807, 2.05) is 6.07 Å². The predicted octanol–water partition coefficient (Wildman–Crippen LogP) is 2.47. The van der Waals surface area contributed by atoms with Crippen molar-refractivity contribution < 1.29 is 4.74 Å². The zero-order valence-electron chi connectivity index (χ0n) is 11.1. The highest BCUT2D eigenvalue weighted by Gasteiger charge is 2.15. The first-order valence-corrected chi connectivity index (χ1v) is 7.26. The normalized spacial score (nSPS) is 18.6. The maximum absolute atomic E-state index is 5.26. The van der Waals surface area contributed by atoms with E-state index in [0.717, 1.165) is 42.9 Å². The summed E-state index contributed by atoms with van der Waals surface area (Å²) in [5, 5.41) is 3.39. The summed E-state index contributed by atoms with van der Waals surface area (Å²) in [5.41, 5.74) is 1.36. The molecule has 0 bridgehead atoms. The third kappa shape index (κ3) is 3.46. The van der Waals surface area contributed by atoms with Crippen LogP contribution in [0.1, 0.15) is 18.4 Å². The molecule has 0 aromatic heterocycles. The van der Waals surface area contributed by atoms with Crippen LogP contribution in [0.2, 0.25) is 0 Å². The van der Waals surface area contributed by atoms with Gasteiger partial charge in [0.05, 0.1) is 11.6 Å². The van der Waals surface area contributed by atoms with E-state index >= 15 is 0 Å². The molecule has 0 radical (unpaired) electrons. The van der Waals surface area contributed by atoms with Crippen LogP contribution in [-0.4, -0.2) is 44.7 Å². The molecule has 0 aliphatic carbocycles. The van der Waals surface area contributed by atoms with Crippen LogP contribution in [0.4, 0.5) is 0 Å². The smallest absolute Gasteiger partial charge is 0.133 e. The van der Waals surface area contributed by atoms with Crippen LogP contribution in [0.25, 0.3) is 0 Å². The largest absolute Gasteiger partial charge is 0.496 e. The van der Waals surface area contributed by atoms with Crippen molar-refractivity contribution in [3.63, 3.8) is 0 Å². The van der Waals surface area contributed by atoms with E-state index in [-0.39, 0.29) is 0 Å². The number of methoxy groups -OCH3 is 1. The Kier molecular flexibility index (Phi) is 5.03. The van der Waals surface area contributed by atoms with Gasteiger partial charge in [-0.1, -0.05) is 13.0 Å². The Bertz CT molecular complexity index is 391. The zero-order chi connectivity index (χ0) is 13.0. The minimum atomic E-state index is 0.547. The van der Waals surface area contributed by atoms with Crippen molar-refractivity contribution in [3.05, 3.63) is 28.2 Å². The van der Waals surface area contributed by atoms with Gasteiger partial charge in [0, 0.05) is 32.7 Å². The average Bonchev–Trinajstić information content (AvgIpc) is 2.39. The Balaban J connectivity index is 1.99. The van der Waals surface area contributed by atoms with Gasteiger partial charge in [0.1, 0.15) is 5.75 Å². The Morgan fingerprint density at radius 1 is 1.39 bits per heavy atom. The maximum atomic E-state index is 5.26. The van der Waals surface area contributed by atoms with Crippen molar-refractivity contribution in [1.29, 1.82) is 0 Å². The zero-order valence-corrected chi connectivity index (χ0v) is 12.7. The van der Waals surface area contributed by atoms with Gasteiger partial charge in [0.25, 0.3) is 0 Å². The molecule has 18 heavy (non-hydrogen) atoms. The van der Waals surface area contributed by atoms with Gasteiger partial charge >= 0.3 is 0 Å². The fourth-order valence-electron chi connectivity index (χ4n) is 2.38. The number of rotatable bonds is 4. The molecule has 1 aromatic carbocycles. The van der Waals surface area contributed by atoms with E-state index in [9.17, 15) is 0 Å². The fourth-order valence-corrected chi connectivity index (χ4v) is 2.93. The quantitative estimate of drug-likeness (QED) is 0.924. The van der Waals surface area contributed by atoms with Gasteiger partial charge in [-0.05, 0) is 39.5 Å². The monoisotopic (exact) mass is 312 g/mol. The van der Waals surface area contributed by atoms with E-state index < -0.39 is 0 Å². The summed E-state index contributed by atoms with van der Waals surface area (Å²) in [6, 6.07) is 6.37. The number of halogens is 1. The molecule has 1 saturated heterocycles. The summed E-state index contributed by atoms with van der Waals surface area (Å²) in [7, 11) is 1.70. The summed E-state index contributed by atoms with van der Waals surface area (Å²) in [6.07, 6.45) is 0. The summed E-state index contributed by atoms with van der Waals surface area (Å²) in [5.74, 6) is 1.44. The van der Waals surface area contributed by atoms with Crippen LogP contribution >= 0.6 is 15.9 Å². The van der Waals surface area contributed by atoms with Gasteiger partial charge < -0.3 is 15.0 Å². The molecule has 1 unspecified atom stereocenters. The number of benzene rings is 1. The Morgan fingerprint density at radius 2 is 2.11 bits per heavy atom. The lowest BCUT2D eigenvalue weighted by molar-refractivity contribution is 0.230. The third-order valence-corrected chi connectivity index (χ3v) is 4.11. The molecule has 4 heteroatoms. The highest BCUT2D eigenvalue weighted by Crippen LogP contribution is 2.29. The van der Waals surface area contributed by atoms with Crippen LogP contribution < -0.4 is 10.1 Å². The van der Waals surface area contributed by atoms with E-state index in [4.69, 9.17) is 4.74 Å². The fraction of sp³-hybridized carbons (Fsp3) is 0.571. The van der Waals surface area contributed by atoms with Crippen LogP contribution in [0.15, 0.2) is 22.7 Å². The number of nitrogens with one attached hydrogen (secondary N) is 1. The minimum absolute atomic E-state index is 0.547. The number of hydrogen-bond donors (Lipinski definition) is 1. The Hall–Kier alpha value is -0.580. The molecule has 1 atom stereocenters. The van der Waals surface area contributed by atoms with Crippen molar-refractivity contribution >= 4 is 15.9 Å². The molecular weight excluding hydrogens is 292 g/mol. The lowest BCUT2D eigenvalue weighted by atomic mass is 10.0. The first kappa shape index (κ1) is 13.8. The molecule has 1 N–H and O–H groups in total. The molecule has 0 amide bonds. The van der Waals surface area contributed by atoms with E-state index in [2.05, 4.69) is 45.2 Å². The molecule has 0 spiro atoms. The number of nitrogens with zero attached hydrogens (tertiary/aromatic N) is 1. The SMILES string of the molecule is COc1ccc(C(C)CN2CCNCC2)cc1Br. The van der Waals surface area contributed by atoms with Crippen molar-refractivity contribution in [1.82, 2.24) is 10.2 Å². The van der Waals surface area contributed by atoms with Gasteiger partial charge in [0.2, 0.25) is 0 Å². The Morgan fingerprint density at radius 3 is 2.72 bits per heavy atom. The molecule has 1 aromatic rings. The summed E-state index contributed by atoms with van der Waals surface area (Å²) in [6.45, 7) is 7.94.